The molecule has 1 heterocycles. The number of amides is 2. The van der Waals surface area contributed by atoms with Gasteiger partial charge in [0.05, 0.1) is 6.54 Å². The molecule has 0 radical (unpaired) electrons. The van der Waals surface area contributed by atoms with Gasteiger partial charge in [-0.3, -0.25) is 9.59 Å². The molecular formula is C15H24N2O3. The fourth-order valence-corrected chi connectivity index (χ4v) is 3.74. The van der Waals surface area contributed by atoms with Crippen molar-refractivity contribution in [2.24, 2.45) is 5.41 Å². The number of nitrogens with one attached hydrogen (secondary N) is 1. The predicted octanol–water partition coefficient (Wildman–Crippen LogP) is 1.07. The summed E-state index contributed by atoms with van der Waals surface area (Å²) in [5.41, 5.74) is -0.365. The minimum atomic E-state index is -0.577. The second kappa shape index (κ2) is 5.02. The zero-order chi connectivity index (χ0) is 14.2. The average Bonchev–Trinajstić information content (AvgIpc) is 3.03. The number of rotatable bonds is 5. The number of piperazine rings is 1. The summed E-state index contributed by atoms with van der Waals surface area (Å²) in [5, 5.41) is 2.97. The molecule has 1 aliphatic heterocycles. The molecule has 1 spiro atoms. The summed E-state index contributed by atoms with van der Waals surface area (Å²) in [6, 6.07) is 0. The molecule has 2 saturated carbocycles. The fourth-order valence-electron chi connectivity index (χ4n) is 3.74. The first-order chi connectivity index (χ1) is 9.59. The highest BCUT2D eigenvalue weighted by molar-refractivity contribution is 5.98. The van der Waals surface area contributed by atoms with Crippen LogP contribution >= 0.6 is 0 Å². The number of hydrogen-bond donors (Lipinski definition) is 1. The monoisotopic (exact) mass is 280 g/mol. The van der Waals surface area contributed by atoms with Crippen LogP contribution in [0.4, 0.5) is 0 Å². The van der Waals surface area contributed by atoms with Gasteiger partial charge >= 0.3 is 0 Å². The third-order valence-electron chi connectivity index (χ3n) is 5.19. The van der Waals surface area contributed by atoms with Crippen LogP contribution in [0.1, 0.15) is 44.9 Å². The van der Waals surface area contributed by atoms with Crippen LogP contribution in [0, 0.1) is 5.41 Å². The summed E-state index contributed by atoms with van der Waals surface area (Å²) in [6.07, 6.45) is 6.97. The lowest BCUT2D eigenvalue weighted by molar-refractivity contribution is -0.150. The molecular weight excluding hydrogens is 256 g/mol. The molecule has 3 aliphatic rings. The molecule has 5 nitrogen and oxygen atoms in total. The van der Waals surface area contributed by atoms with Gasteiger partial charge in [0.2, 0.25) is 11.8 Å². The quantitative estimate of drug-likeness (QED) is 0.819. The van der Waals surface area contributed by atoms with Crippen molar-refractivity contribution in [1.82, 2.24) is 10.2 Å². The minimum absolute atomic E-state index is 0.00837. The molecule has 2 aliphatic carbocycles. The van der Waals surface area contributed by atoms with E-state index in [0.29, 0.717) is 0 Å². The maximum atomic E-state index is 12.8. The highest BCUT2D eigenvalue weighted by Crippen LogP contribution is 2.50. The van der Waals surface area contributed by atoms with Crippen LogP contribution < -0.4 is 5.32 Å². The maximum Gasteiger partial charge on any atom is 0.248 e. The molecule has 3 fully saturated rings. The topological polar surface area (TPSA) is 58.6 Å². The molecule has 3 rings (SSSR count). The Morgan fingerprint density at radius 3 is 2.50 bits per heavy atom. The Morgan fingerprint density at radius 2 is 1.90 bits per heavy atom. The largest absolute Gasteiger partial charge is 0.385 e. The predicted molar refractivity (Wildman–Crippen MR) is 74.1 cm³/mol. The molecule has 1 saturated heterocycles. The Morgan fingerprint density at radius 1 is 1.20 bits per heavy atom. The van der Waals surface area contributed by atoms with E-state index in [1.165, 1.54) is 0 Å². The summed E-state index contributed by atoms with van der Waals surface area (Å²) < 4.78 is 5.17. The molecule has 0 aromatic carbocycles. The van der Waals surface area contributed by atoms with Gasteiger partial charge in [-0.2, -0.15) is 0 Å². The molecule has 0 aromatic rings. The summed E-state index contributed by atoms with van der Waals surface area (Å²) >= 11 is 0. The van der Waals surface area contributed by atoms with Gasteiger partial charge in [0.25, 0.3) is 0 Å². The van der Waals surface area contributed by atoms with E-state index in [9.17, 15) is 9.59 Å². The van der Waals surface area contributed by atoms with Crippen LogP contribution in [0.2, 0.25) is 0 Å². The van der Waals surface area contributed by atoms with Crippen molar-refractivity contribution >= 4 is 11.8 Å². The standard InChI is InChI=1S/C15H24N2O3/c1-20-9-8-14(6-7-14)11-17-10-12(18)16-15(13(17)19)4-2-3-5-15/h2-11H2,1H3,(H,16,18). The van der Waals surface area contributed by atoms with E-state index >= 15 is 0 Å². The van der Waals surface area contributed by atoms with Crippen molar-refractivity contribution in [3.8, 4) is 0 Å². The van der Waals surface area contributed by atoms with Crippen molar-refractivity contribution in [2.75, 3.05) is 26.8 Å². The van der Waals surface area contributed by atoms with Crippen LogP contribution in [0.3, 0.4) is 0 Å². The van der Waals surface area contributed by atoms with Crippen LogP contribution in [0.5, 0.6) is 0 Å². The van der Waals surface area contributed by atoms with Gasteiger partial charge in [0.15, 0.2) is 0 Å². The number of methoxy groups -OCH3 is 1. The number of ether oxygens (including phenoxy) is 1. The molecule has 0 unspecified atom stereocenters. The van der Waals surface area contributed by atoms with Gasteiger partial charge in [-0.05, 0) is 37.5 Å². The van der Waals surface area contributed by atoms with Crippen molar-refractivity contribution in [1.29, 1.82) is 0 Å². The van der Waals surface area contributed by atoms with Crippen molar-refractivity contribution in [2.45, 2.75) is 50.5 Å². The number of hydrogen-bond acceptors (Lipinski definition) is 3. The molecule has 1 N–H and O–H groups in total. The Kier molecular flexibility index (Phi) is 3.48. The molecule has 5 heteroatoms. The van der Waals surface area contributed by atoms with Crippen LogP contribution in [-0.2, 0) is 14.3 Å². The van der Waals surface area contributed by atoms with Gasteiger partial charge < -0.3 is 15.0 Å². The summed E-state index contributed by atoms with van der Waals surface area (Å²) in [4.78, 5) is 26.5. The van der Waals surface area contributed by atoms with E-state index in [-0.39, 0.29) is 23.8 Å². The Bertz CT molecular complexity index is 411. The smallest absolute Gasteiger partial charge is 0.248 e. The van der Waals surface area contributed by atoms with Crippen molar-refractivity contribution < 1.29 is 14.3 Å². The van der Waals surface area contributed by atoms with Gasteiger partial charge in [-0.15, -0.1) is 0 Å². The van der Waals surface area contributed by atoms with Gasteiger partial charge in [0.1, 0.15) is 5.54 Å². The lowest BCUT2D eigenvalue weighted by atomic mass is 9.91. The Hall–Kier alpha value is -1.10. The lowest BCUT2D eigenvalue weighted by Gasteiger charge is -2.41. The summed E-state index contributed by atoms with van der Waals surface area (Å²) in [6.45, 7) is 1.69. The SMILES string of the molecule is COCCC1(CN2CC(=O)NC3(CCCC3)C2=O)CC1. The third-order valence-corrected chi connectivity index (χ3v) is 5.19. The van der Waals surface area contributed by atoms with Crippen molar-refractivity contribution in [3.05, 3.63) is 0 Å². The molecule has 0 bridgehead atoms. The van der Waals surface area contributed by atoms with E-state index in [0.717, 1.165) is 58.1 Å². The average molecular weight is 280 g/mol. The van der Waals surface area contributed by atoms with E-state index < -0.39 is 5.54 Å². The molecule has 112 valence electrons. The minimum Gasteiger partial charge on any atom is -0.385 e. The summed E-state index contributed by atoms with van der Waals surface area (Å²) in [7, 11) is 1.71. The maximum absolute atomic E-state index is 12.8. The third kappa shape index (κ3) is 2.43. The van der Waals surface area contributed by atoms with Gasteiger partial charge in [-0.1, -0.05) is 12.8 Å². The lowest BCUT2D eigenvalue weighted by Crippen LogP contribution is -2.66. The van der Waals surface area contributed by atoms with E-state index in [1.807, 2.05) is 4.90 Å². The first-order valence-electron chi connectivity index (χ1n) is 7.69. The second-order valence-electron chi connectivity index (χ2n) is 6.74. The van der Waals surface area contributed by atoms with E-state index in [2.05, 4.69) is 5.32 Å². The zero-order valence-electron chi connectivity index (χ0n) is 12.2. The normalized spacial score (nSPS) is 26.9. The number of nitrogens with zero attached hydrogens (tertiary/aromatic N) is 1. The molecule has 20 heavy (non-hydrogen) atoms. The van der Waals surface area contributed by atoms with Crippen LogP contribution in [0.25, 0.3) is 0 Å². The first kappa shape index (κ1) is 13.9. The van der Waals surface area contributed by atoms with E-state index in [1.54, 1.807) is 7.11 Å². The molecule has 0 atom stereocenters. The molecule has 0 aromatic heterocycles. The fraction of sp³-hybridized carbons (Fsp3) is 0.867. The van der Waals surface area contributed by atoms with Gasteiger partial charge in [-0.25, -0.2) is 0 Å². The number of carbonyl (C=O) groups is 2. The highest BCUT2D eigenvalue weighted by atomic mass is 16.5. The van der Waals surface area contributed by atoms with Crippen LogP contribution in [-0.4, -0.2) is 49.1 Å². The number of carbonyl (C=O) groups excluding carboxylic acids is 2. The second-order valence-corrected chi connectivity index (χ2v) is 6.74. The Balaban J connectivity index is 1.69. The van der Waals surface area contributed by atoms with Gasteiger partial charge in [0, 0.05) is 20.3 Å². The zero-order valence-corrected chi connectivity index (χ0v) is 12.2. The Labute approximate surface area is 120 Å². The van der Waals surface area contributed by atoms with Crippen LogP contribution in [0.15, 0.2) is 0 Å². The summed E-state index contributed by atoms with van der Waals surface area (Å²) in [5.74, 6) is 0.160. The van der Waals surface area contributed by atoms with E-state index in [4.69, 9.17) is 4.74 Å². The highest BCUT2D eigenvalue weighted by Gasteiger charge is 2.51. The van der Waals surface area contributed by atoms with Crippen molar-refractivity contribution in [3.63, 3.8) is 0 Å². The molecule has 2 amide bonds. The first-order valence-corrected chi connectivity index (χ1v) is 7.69.